The van der Waals surface area contributed by atoms with Crippen LogP contribution < -0.4 is 5.32 Å². The van der Waals surface area contributed by atoms with E-state index in [0.29, 0.717) is 0 Å². The molecule has 0 amide bonds. The average Bonchev–Trinajstić information content (AvgIpc) is 2.78. The Kier molecular flexibility index (Phi) is 3.18. The van der Waals surface area contributed by atoms with Gasteiger partial charge in [0.1, 0.15) is 0 Å². The van der Waals surface area contributed by atoms with Crippen molar-refractivity contribution in [2.24, 2.45) is 0 Å². The van der Waals surface area contributed by atoms with Crippen LogP contribution in [0.25, 0.3) is 0 Å². The number of nitrogens with one attached hydrogen (secondary N) is 2. The molecule has 0 radical (unpaired) electrons. The van der Waals surface area contributed by atoms with Crippen LogP contribution >= 0.6 is 22.9 Å². The first-order valence-electron chi connectivity index (χ1n) is 4.27. The second kappa shape index (κ2) is 4.59. The van der Waals surface area contributed by atoms with Crippen molar-refractivity contribution in [1.82, 2.24) is 15.5 Å². The predicted octanol–water partition coefficient (Wildman–Crippen LogP) is 2.41. The summed E-state index contributed by atoms with van der Waals surface area (Å²) in [7, 11) is 0. The van der Waals surface area contributed by atoms with E-state index in [9.17, 15) is 0 Å². The fourth-order valence-electron chi connectivity index (χ4n) is 1.15. The molecule has 3 nitrogen and oxygen atoms in total. The summed E-state index contributed by atoms with van der Waals surface area (Å²) in [6.45, 7) is 1.59. The SMILES string of the molecule is Clc1ccsc1CNCc1ccn[nH]1. The maximum Gasteiger partial charge on any atom is 0.0558 e. The van der Waals surface area contributed by atoms with Crippen LogP contribution in [-0.4, -0.2) is 10.2 Å². The van der Waals surface area contributed by atoms with Crippen LogP contribution in [0.15, 0.2) is 23.7 Å². The zero-order valence-electron chi connectivity index (χ0n) is 7.46. The Hall–Kier alpha value is -0.840. The Bertz CT molecular complexity index is 382. The summed E-state index contributed by atoms with van der Waals surface area (Å²) in [4.78, 5) is 1.17. The third-order valence-electron chi connectivity index (χ3n) is 1.85. The van der Waals surface area contributed by atoms with Gasteiger partial charge in [0.25, 0.3) is 0 Å². The lowest BCUT2D eigenvalue weighted by atomic mass is 10.4. The number of thiophene rings is 1. The summed E-state index contributed by atoms with van der Waals surface area (Å²) in [6.07, 6.45) is 1.75. The van der Waals surface area contributed by atoms with Crippen LogP contribution in [0.1, 0.15) is 10.6 Å². The third-order valence-corrected chi connectivity index (χ3v) is 3.24. The number of halogens is 1. The summed E-state index contributed by atoms with van der Waals surface area (Å²) in [5, 5.41) is 12.9. The van der Waals surface area contributed by atoms with Crippen molar-refractivity contribution < 1.29 is 0 Å². The first-order valence-corrected chi connectivity index (χ1v) is 5.53. The molecule has 0 bridgehead atoms. The van der Waals surface area contributed by atoms with Crippen molar-refractivity contribution in [2.75, 3.05) is 0 Å². The van der Waals surface area contributed by atoms with Gasteiger partial charge in [0.15, 0.2) is 0 Å². The van der Waals surface area contributed by atoms with Crippen molar-refractivity contribution in [1.29, 1.82) is 0 Å². The number of aromatic amines is 1. The summed E-state index contributed by atoms with van der Waals surface area (Å²) in [5.74, 6) is 0. The lowest BCUT2D eigenvalue weighted by molar-refractivity contribution is 0.684. The highest BCUT2D eigenvalue weighted by atomic mass is 35.5. The second-order valence-corrected chi connectivity index (χ2v) is 4.29. The molecule has 0 unspecified atom stereocenters. The Morgan fingerprint density at radius 1 is 1.43 bits per heavy atom. The standard InChI is InChI=1S/C9H10ClN3S/c10-8-2-4-14-9(8)6-11-5-7-1-3-12-13-7/h1-4,11H,5-6H2,(H,12,13). The predicted molar refractivity (Wildman–Crippen MR) is 58.5 cm³/mol. The lowest BCUT2D eigenvalue weighted by Crippen LogP contribution is -2.12. The van der Waals surface area contributed by atoms with Gasteiger partial charge in [0, 0.05) is 29.9 Å². The van der Waals surface area contributed by atoms with E-state index in [-0.39, 0.29) is 0 Å². The molecular formula is C9H10ClN3S. The first-order chi connectivity index (χ1) is 6.86. The normalized spacial score (nSPS) is 10.6. The Morgan fingerprint density at radius 2 is 2.36 bits per heavy atom. The van der Waals surface area contributed by atoms with E-state index in [1.54, 1.807) is 17.5 Å². The van der Waals surface area contributed by atoms with Crippen LogP contribution in [0.2, 0.25) is 5.02 Å². The van der Waals surface area contributed by atoms with Gasteiger partial charge in [-0.15, -0.1) is 11.3 Å². The Morgan fingerprint density at radius 3 is 3.00 bits per heavy atom. The van der Waals surface area contributed by atoms with E-state index in [1.165, 1.54) is 4.88 Å². The minimum atomic E-state index is 0.786. The maximum atomic E-state index is 5.95. The molecule has 0 aliphatic heterocycles. The molecule has 2 heterocycles. The van der Waals surface area contributed by atoms with Gasteiger partial charge in [-0.05, 0) is 17.5 Å². The molecule has 0 aliphatic carbocycles. The molecule has 0 aliphatic rings. The van der Waals surface area contributed by atoms with Crippen molar-refractivity contribution >= 4 is 22.9 Å². The Labute approximate surface area is 91.1 Å². The fraction of sp³-hybridized carbons (Fsp3) is 0.222. The van der Waals surface area contributed by atoms with E-state index in [2.05, 4.69) is 15.5 Å². The summed E-state index contributed by atoms with van der Waals surface area (Å²) in [6, 6.07) is 3.86. The topological polar surface area (TPSA) is 40.7 Å². The monoisotopic (exact) mass is 227 g/mol. The molecule has 0 saturated carbocycles. The van der Waals surface area contributed by atoms with Gasteiger partial charge < -0.3 is 5.32 Å². The number of H-pyrrole nitrogens is 1. The highest BCUT2D eigenvalue weighted by Crippen LogP contribution is 2.21. The van der Waals surface area contributed by atoms with Gasteiger partial charge in [-0.3, -0.25) is 5.10 Å². The molecule has 2 aromatic heterocycles. The highest BCUT2D eigenvalue weighted by Gasteiger charge is 2.00. The van der Waals surface area contributed by atoms with Crippen LogP contribution in [0.4, 0.5) is 0 Å². The van der Waals surface area contributed by atoms with Gasteiger partial charge >= 0.3 is 0 Å². The molecule has 2 rings (SSSR count). The third kappa shape index (κ3) is 2.35. The molecule has 2 N–H and O–H groups in total. The van der Waals surface area contributed by atoms with Crippen molar-refractivity contribution in [3.05, 3.63) is 39.3 Å². The maximum absolute atomic E-state index is 5.95. The minimum Gasteiger partial charge on any atom is -0.306 e. The molecule has 74 valence electrons. The molecule has 0 aromatic carbocycles. The van der Waals surface area contributed by atoms with E-state index >= 15 is 0 Å². The van der Waals surface area contributed by atoms with E-state index in [1.807, 2.05) is 17.5 Å². The molecule has 0 atom stereocenters. The molecule has 0 spiro atoms. The van der Waals surface area contributed by atoms with E-state index in [0.717, 1.165) is 23.8 Å². The zero-order valence-corrected chi connectivity index (χ0v) is 9.03. The number of hydrogen-bond donors (Lipinski definition) is 2. The smallest absolute Gasteiger partial charge is 0.0558 e. The molecule has 0 fully saturated rings. The lowest BCUT2D eigenvalue weighted by Gasteiger charge is -2.00. The summed E-state index contributed by atoms with van der Waals surface area (Å²) >= 11 is 7.62. The van der Waals surface area contributed by atoms with Gasteiger partial charge in [-0.2, -0.15) is 5.10 Å². The van der Waals surface area contributed by atoms with Crippen LogP contribution in [0.3, 0.4) is 0 Å². The molecule has 0 saturated heterocycles. The molecule has 14 heavy (non-hydrogen) atoms. The van der Waals surface area contributed by atoms with Crippen molar-refractivity contribution in [3.63, 3.8) is 0 Å². The number of nitrogens with zero attached hydrogens (tertiary/aromatic N) is 1. The number of hydrogen-bond acceptors (Lipinski definition) is 3. The Balaban J connectivity index is 1.81. The largest absolute Gasteiger partial charge is 0.306 e. The van der Waals surface area contributed by atoms with Crippen LogP contribution in [-0.2, 0) is 13.1 Å². The molecular weight excluding hydrogens is 218 g/mol. The van der Waals surface area contributed by atoms with Crippen molar-refractivity contribution in [2.45, 2.75) is 13.1 Å². The first kappa shape index (κ1) is 9.71. The minimum absolute atomic E-state index is 0.786. The molecule has 2 aromatic rings. The van der Waals surface area contributed by atoms with E-state index < -0.39 is 0 Å². The fourth-order valence-corrected chi connectivity index (χ4v) is 2.22. The van der Waals surface area contributed by atoms with Gasteiger partial charge in [-0.1, -0.05) is 11.6 Å². The summed E-state index contributed by atoms with van der Waals surface area (Å²) in [5.41, 5.74) is 1.08. The van der Waals surface area contributed by atoms with Gasteiger partial charge in [0.2, 0.25) is 0 Å². The van der Waals surface area contributed by atoms with Gasteiger partial charge in [-0.25, -0.2) is 0 Å². The second-order valence-electron chi connectivity index (χ2n) is 2.88. The number of rotatable bonds is 4. The quantitative estimate of drug-likeness (QED) is 0.842. The molecule has 5 heteroatoms. The zero-order chi connectivity index (χ0) is 9.80. The van der Waals surface area contributed by atoms with E-state index in [4.69, 9.17) is 11.6 Å². The van der Waals surface area contributed by atoms with Crippen LogP contribution in [0, 0.1) is 0 Å². The van der Waals surface area contributed by atoms with Crippen LogP contribution in [0.5, 0.6) is 0 Å². The van der Waals surface area contributed by atoms with Gasteiger partial charge in [0.05, 0.1) is 5.02 Å². The summed E-state index contributed by atoms with van der Waals surface area (Å²) < 4.78 is 0. The highest BCUT2D eigenvalue weighted by molar-refractivity contribution is 7.10. The average molecular weight is 228 g/mol. The number of aromatic nitrogens is 2. The van der Waals surface area contributed by atoms with Crippen molar-refractivity contribution in [3.8, 4) is 0 Å².